The van der Waals surface area contributed by atoms with E-state index in [1.165, 1.54) is 4.57 Å². The number of nitrogens with two attached hydrogens (primary N) is 1. The Morgan fingerprint density at radius 3 is 2.95 bits per heavy atom. The minimum atomic E-state index is -0.441. The third kappa shape index (κ3) is 2.04. The van der Waals surface area contributed by atoms with Gasteiger partial charge in [0.25, 0.3) is 0 Å². The number of benzene rings is 1. The van der Waals surface area contributed by atoms with E-state index in [9.17, 15) is 4.79 Å². The van der Waals surface area contributed by atoms with E-state index in [2.05, 4.69) is 20.9 Å². The van der Waals surface area contributed by atoms with E-state index in [-0.39, 0.29) is 0 Å². The normalized spacial score (nSPS) is 11.0. The molecule has 0 radical (unpaired) electrons. The van der Waals surface area contributed by atoms with Gasteiger partial charge in [-0.15, -0.1) is 0 Å². The van der Waals surface area contributed by atoms with Gasteiger partial charge in [-0.1, -0.05) is 22.0 Å². The van der Waals surface area contributed by atoms with Crippen molar-refractivity contribution in [3.05, 3.63) is 57.1 Å². The third-order valence-corrected chi connectivity index (χ3v) is 3.64. The van der Waals surface area contributed by atoms with E-state index >= 15 is 0 Å². The van der Waals surface area contributed by atoms with Crippen molar-refractivity contribution < 1.29 is 4.42 Å². The average Bonchev–Trinajstić information content (AvgIpc) is 2.70. The van der Waals surface area contributed by atoms with Crippen LogP contribution >= 0.6 is 15.9 Å². The maximum Gasteiger partial charge on any atom is 0.421 e. The molecule has 96 valence electrons. The highest BCUT2D eigenvalue weighted by Gasteiger charge is 2.13. The lowest BCUT2D eigenvalue weighted by Crippen LogP contribution is -2.16. The van der Waals surface area contributed by atoms with Crippen molar-refractivity contribution in [1.82, 2.24) is 9.55 Å². The number of hydrogen-bond acceptors (Lipinski definition) is 4. The Morgan fingerprint density at radius 2 is 2.16 bits per heavy atom. The minimum absolute atomic E-state index is 0.316. The van der Waals surface area contributed by atoms with Crippen LogP contribution in [0.1, 0.15) is 5.56 Å². The molecule has 3 rings (SSSR count). The highest BCUT2D eigenvalue weighted by atomic mass is 79.9. The van der Waals surface area contributed by atoms with Gasteiger partial charge in [0.05, 0.1) is 6.54 Å². The standard InChI is InChI=1S/C13H10BrN3O2/c14-9-3-1-4-10(15)8(9)7-17-12-11(19-13(17)18)5-2-6-16-12/h1-6H,7,15H2. The number of pyridine rings is 1. The van der Waals surface area contributed by atoms with Crippen LogP contribution < -0.4 is 11.5 Å². The first kappa shape index (κ1) is 12.0. The fraction of sp³-hybridized carbons (Fsp3) is 0.0769. The fourth-order valence-corrected chi connectivity index (χ4v) is 2.45. The Labute approximate surface area is 116 Å². The highest BCUT2D eigenvalue weighted by molar-refractivity contribution is 9.10. The van der Waals surface area contributed by atoms with Gasteiger partial charge in [-0.3, -0.25) is 4.57 Å². The lowest BCUT2D eigenvalue weighted by atomic mass is 10.2. The SMILES string of the molecule is Nc1cccc(Br)c1Cn1c(=O)oc2cccnc21. The Kier molecular flexibility index (Phi) is 2.87. The largest absolute Gasteiger partial charge is 0.421 e. The van der Waals surface area contributed by atoms with E-state index in [1.54, 1.807) is 24.4 Å². The maximum absolute atomic E-state index is 11.9. The number of aromatic nitrogens is 2. The van der Waals surface area contributed by atoms with E-state index in [0.717, 1.165) is 10.0 Å². The van der Waals surface area contributed by atoms with Crippen LogP contribution in [0.5, 0.6) is 0 Å². The van der Waals surface area contributed by atoms with Crippen molar-refractivity contribution in [1.29, 1.82) is 0 Å². The molecule has 0 bridgehead atoms. The number of nitrogen functional groups attached to an aromatic ring is 1. The van der Waals surface area contributed by atoms with Crippen molar-refractivity contribution in [3.63, 3.8) is 0 Å². The van der Waals surface area contributed by atoms with E-state index in [1.807, 2.05) is 12.1 Å². The molecule has 0 saturated carbocycles. The molecule has 0 amide bonds. The van der Waals surface area contributed by atoms with Crippen LogP contribution in [-0.2, 0) is 6.54 Å². The molecule has 0 aliphatic heterocycles. The lowest BCUT2D eigenvalue weighted by Gasteiger charge is -2.08. The number of anilines is 1. The van der Waals surface area contributed by atoms with Gasteiger partial charge in [0.2, 0.25) is 0 Å². The minimum Gasteiger partial charge on any atom is -0.406 e. The predicted octanol–water partition coefficient (Wildman–Crippen LogP) is 2.38. The number of halogens is 1. The van der Waals surface area contributed by atoms with Crippen LogP contribution in [0.4, 0.5) is 5.69 Å². The zero-order chi connectivity index (χ0) is 13.4. The van der Waals surface area contributed by atoms with E-state index in [4.69, 9.17) is 10.2 Å². The van der Waals surface area contributed by atoms with Crippen LogP contribution in [0.3, 0.4) is 0 Å². The molecule has 0 atom stereocenters. The third-order valence-electron chi connectivity index (χ3n) is 2.90. The molecular formula is C13H10BrN3O2. The van der Waals surface area contributed by atoms with Gasteiger partial charge in [0.1, 0.15) is 0 Å². The number of fused-ring (bicyclic) bond motifs is 1. The first-order chi connectivity index (χ1) is 9.16. The monoisotopic (exact) mass is 319 g/mol. The van der Waals surface area contributed by atoms with Crippen molar-refractivity contribution in [2.75, 3.05) is 5.73 Å². The van der Waals surface area contributed by atoms with Crippen LogP contribution in [0.15, 0.2) is 50.2 Å². The Hall–Kier alpha value is -2.08. The van der Waals surface area contributed by atoms with Crippen LogP contribution in [0.25, 0.3) is 11.2 Å². The fourth-order valence-electron chi connectivity index (χ4n) is 1.94. The van der Waals surface area contributed by atoms with E-state index < -0.39 is 5.76 Å². The summed E-state index contributed by atoms with van der Waals surface area (Å²) in [5, 5.41) is 0. The second-order valence-electron chi connectivity index (χ2n) is 4.09. The summed E-state index contributed by atoms with van der Waals surface area (Å²) in [6.07, 6.45) is 1.62. The van der Waals surface area contributed by atoms with Gasteiger partial charge in [-0.2, -0.15) is 0 Å². The van der Waals surface area contributed by atoms with Gasteiger partial charge < -0.3 is 10.2 Å². The molecule has 0 aliphatic carbocycles. The van der Waals surface area contributed by atoms with Gasteiger partial charge >= 0.3 is 5.76 Å². The summed E-state index contributed by atoms with van der Waals surface area (Å²) < 4.78 is 7.46. The summed E-state index contributed by atoms with van der Waals surface area (Å²) in [4.78, 5) is 16.0. The molecule has 0 aliphatic rings. The van der Waals surface area contributed by atoms with Gasteiger partial charge in [0, 0.05) is 21.9 Å². The topological polar surface area (TPSA) is 74.0 Å². The number of oxazole rings is 1. The Balaban J connectivity index is 2.16. The van der Waals surface area contributed by atoms with Gasteiger partial charge in [-0.05, 0) is 24.3 Å². The number of rotatable bonds is 2. The first-order valence-electron chi connectivity index (χ1n) is 5.64. The summed E-state index contributed by atoms with van der Waals surface area (Å²) in [7, 11) is 0. The summed E-state index contributed by atoms with van der Waals surface area (Å²) in [6, 6.07) is 8.96. The first-order valence-corrected chi connectivity index (χ1v) is 6.43. The zero-order valence-electron chi connectivity index (χ0n) is 9.84. The van der Waals surface area contributed by atoms with Crippen molar-refractivity contribution in [2.24, 2.45) is 0 Å². The lowest BCUT2D eigenvalue weighted by molar-refractivity contribution is 0.517. The Bertz CT molecular complexity index is 787. The molecule has 0 saturated heterocycles. The molecule has 1 aromatic carbocycles. The molecular weight excluding hydrogens is 310 g/mol. The van der Waals surface area contributed by atoms with Gasteiger partial charge in [0.15, 0.2) is 11.2 Å². The molecule has 3 aromatic rings. The van der Waals surface area contributed by atoms with Crippen LogP contribution in [0, 0.1) is 0 Å². The molecule has 0 unspecified atom stereocenters. The van der Waals surface area contributed by atoms with Crippen LogP contribution in [-0.4, -0.2) is 9.55 Å². The molecule has 2 aromatic heterocycles. The smallest absolute Gasteiger partial charge is 0.406 e. The molecule has 19 heavy (non-hydrogen) atoms. The molecule has 5 nitrogen and oxygen atoms in total. The highest BCUT2D eigenvalue weighted by Crippen LogP contribution is 2.24. The van der Waals surface area contributed by atoms with Crippen molar-refractivity contribution >= 4 is 32.8 Å². The number of hydrogen-bond donors (Lipinski definition) is 1. The quantitative estimate of drug-likeness (QED) is 0.736. The molecule has 2 heterocycles. The molecule has 6 heteroatoms. The van der Waals surface area contributed by atoms with E-state index in [0.29, 0.717) is 23.5 Å². The number of nitrogens with zero attached hydrogens (tertiary/aromatic N) is 2. The van der Waals surface area contributed by atoms with Crippen molar-refractivity contribution in [2.45, 2.75) is 6.54 Å². The maximum atomic E-state index is 11.9. The predicted molar refractivity (Wildman–Crippen MR) is 75.9 cm³/mol. The van der Waals surface area contributed by atoms with Crippen molar-refractivity contribution in [3.8, 4) is 0 Å². The molecule has 0 fully saturated rings. The second-order valence-corrected chi connectivity index (χ2v) is 4.94. The second kappa shape index (κ2) is 4.55. The summed E-state index contributed by atoms with van der Waals surface area (Å²) >= 11 is 3.44. The Morgan fingerprint density at radius 1 is 1.32 bits per heavy atom. The summed E-state index contributed by atoms with van der Waals surface area (Å²) in [5.74, 6) is -0.441. The molecule has 0 spiro atoms. The average molecular weight is 320 g/mol. The summed E-state index contributed by atoms with van der Waals surface area (Å²) in [6.45, 7) is 0.316. The molecule has 2 N–H and O–H groups in total. The van der Waals surface area contributed by atoms with Gasteiger partial charge in [-0.25, -0.2) is 9.78 Å². The zero-order valence-corrected chi connectivity index (χ0v) is 11.4. The summed E-state index contributed by atoms with van der Waals surface area (Å²) in [5.41, 5.74) is 8.37. The van der Waals surface area contributed by atoms with Crippen LogP contribution in [0.2, 0.25) is 0 Å².